The molecule has 0 amide bonds. The summed E-state index contributed by atoms with van der Waals surface area (Å²) >= 11 is 0. The second-order valence-corrected chi connectivity index (χ2v) is 7.34. The fourth-order valence-electron chi connectivity index (χ4n) is 7.58. The lowest BCUT2D eigenvalue weighted by Gasteiger charge is -2.37. The van der Waals surface area contributed by atoms with Gasteiger partial charge in [0.1, 0.15) is 0 Å². The zero-order chi connectivity index (χ0) is 12.0. The minimum atomic E-state index is 0.508. The molecule has 2 heteroatoms. The minimum absolute atomic E-state index is 0.508. The van der Waals surface area contributed by atoms with Crippen molar-refractivity contribution >= 4 is 0 Å². The van der Waals surface area contributed by atoms with Gasteiger partial charge in [0.2, 0.25) is 0 Å². The fraction of sp³-hybridized carbons (Fsp3) is 1.00. The molecule has 8 unspecified atom stereocenters. The van der Waals surface area contributed by atoms with Crippen LogP contribution in [0.5, 0.6) is 0 Å². The van der Waals surface area contributed by atoms with Gasteiger partial charge in [-0.2, -0.15) is 0 Å². The maximum Gasteiger partial charge on any atom is 0.0856 e. The summed E-state index contributed by atoms with van der Waals surface area (Å²) < 4.78 is 0. The van der Waals surface area contributed by atoms with E-state index in [4.69, 9.17) is 5.26 Å². The third-order valence-electron chi connectivity index (χ3n) is 7.82. The van der Waals surface area contributed by atoms with Gasteiger partial charge in [0, 0.05) is 0 Å². The molecule has 0 radical (unpaired) electrons. The average Bonchev–Trinajstić information content (AvgIpc) is 2.64. The Morgan fingerprint density at radius 1 is 1.29 bits per heavy atom. The maximum absolute atomic E-state index is 8.94. The first-order chi connectivity index (χ1) is 8.14. The summed E-state index contributed by atoms with van der Waals surface area (Å²) in [4.78, 5) is 4.60. The molecule has 4 aliphatic rings. The van der Waals surface area contributed by atoms with Crippen LogP contribution in [0.25, 0.3) is 0 Å². The van der Waals surface area contributed by atoms with Crippen molar-refractivity contribution in [1.82, 2.24) is 0 Å². The van der Waals surface area contributed by atoms with Gasteiger partial charge in [-0.1, -0.05) is 20.8 Å². The summed E-state index contributed by atoms with van der Waals surface area (Å²) in [6.45, 7) is 7.85. The molecule has 4 saturated carbocycles. The van der Waals surface area contributed by atoms with E-state index >= 15 is 0 Å². The van der Waals surface area contributed by atoms with Crippen LogP contribution in [-0.4, -0.2) is 11.9 Å². The van der Waals surface area contributed by atoms with Gasteiger partial charge < -0.3 is 0 Å². The van der Waals surface area contributed by atoms with Crippen molar-refractivity contribution in [3.05, 3.63) is 0 Å². The van der Waals surface area contributed by atoms with Gasteiger partial charge in [-0.3, -0.25) is 5.26 Å². The van der Waals surface area contributed by atoms with E-state index < -0.39 is 0 Å². The molecule has 2 nitrogen and oxygen atoms in total. The lowest BCUT2D eigenvalue weighted by Crippen LogP contribution is -2.33. The molecule has 0 aromatic carbocycles. The van der Waals surface area contributed by atoms with Crippen molar-refractivity contribution in [1.29, 1.82) is 0 Å². The second kappa shape index (κ2) is 2.91. The normalized spacial score (nSPS) is 66.4. The first kappa shape index (κ1) is 10.8. The summed E-state index contributed by atoms with van der Waals surface area (Å²) in [6.07, 6.45) is 4.19. The molecule has 0 saturated heterocycles. The Labute approximate surface area is 104 Å². The highest BCUT2D eigenvalue weighted by molar-refractivity contribution is 5.33. The third-order valence-corrected chi connectivity index (χ3v) is 7.82. The van der Waals surface area contributed by atoms with Gasteiger partial charge in [-0.25, -0.2) is 4.89 Å². The van der Waals surface area contributed by atoms with E-state index in [-0.39, 0.29) is 0 Å². The summed E-state index contributed by atoms with van der Waals surface area (Å²) in [5.41, 5.74) is 1.16. The monoisotopic (exact) mass is 236 g/mol. The minimum Gasteiger partial charge on any atom is -0.252 e. The Morgan fingerprint density at radius 2 is 2.06 bits per heavy atom. The van der Waals surface area contributed by atoms with E-state index in [0.717, 1.165) is 29.6 Å². The molecule has 4 aliphatic carbocycles. The summed E-state index contributed by atoms with van der Waals surface area (Å²) in [5, 5.41) is 8.94. The Bertz CT molecular complexity index is 368. The predicted octanol–water partition coefficient (Wildman–Crippen LogP) is 3.43. The number of fused-ring (bicyclic) bond motifs is 2. The molecule has 8 atom stereocenters. The molecule has 4 fully saturated rings. The summed E-state index contributed by atoms with van der Waals surface area (Å²) in [5.74, 6) is 5.26. The van der Waals surface area contributed by atoms with E-state index in [1.165, 1.54) is 19.3 Å². The van der Waals surface area contributed by atoms with Crippen LogP contribution in [0.3, 0.4) is 0 Å². The van der Waals surface area contributed by atoms with E-state index in [9.17, 15) is 0 Å². The molecule has 0 heterocycles. The molecule has 1 spiro atoms. The molecule has 2 bridgehead atoms. The quantitative estimate of drug-likeness (QED) is 0.601. The first-order valence-electron chi connectivity index (χ1n) is 7.41. The van der Waals surface area contributed by atoms with E-state index in [2.05, 4.69) is 25.7 Å². The number of hydrogen-bond donors (Lipinski definition) is 1. The Hall–Kier alpha value is -0.0800. The topological polar surface area (TPSA) is 29.5 Å². The van der Waals surface area contributed by atoms with Gasteiger partial charge in [0.25, 0.3) is 0 Å². The average molecular weight is 236 g/mol. The van der Waals surface area contributed by atoms with Crippen LogP contribution in [0.1, 0.15) is 40.0 Å². The van der Waals surface area contributed by atoms with Crippen LogP contribution >= 0.6 is 0 Å². The molecule has 1 N–H and O–H groups in total. The van der Waals surface area contributed by atoms with Crippen LogP contribution in [-0.2, 0) is 4.89 Å². The van der Waals surface area contributed by atoms with Gasteiger partial charge >= 0.3 is 0 Å². The molecule has 0 aromatic heterocycles. The zero-order valence-corrected chi connectivity index (χ0v) is 11.1. The van der Waals surface area contributed by atoms with Gasteiger partial charge in [-0.15, -0.1) is 0 Å². The Kier molecular flexibility index (Phi) is 1.85. The lowest BCUT2D eigenvalue weighted by molar-refractivity contribution is -0.259. The van der Waals surface area contributed by atoms with Crippen LogP contribution in [0, 0.1) is 46.3 Å². The van der Waals surface area contributed by atoms with Crippen LogP contribution < -0.4 is 0 Å². The van der Waals surface area contributed by atoms with Crippen LogP contribution in [0.2, 0.25) is 0 Å². The largest absolute Gasteiger partial charge is 0.252 e. The highest BCUT2D eigenvalue weighted by Gasteiger charge is 2.86. The number of hydrogen-bond acceptors (Lipinski definition) is 2. The van der Waals surface area contributed by atoms with Crippen molar-refractivity contribution in [3.63, 3.8) is 0 Å². The smallest absolute Gasteiger partial charge is 0.0856 e. The Morgan fingerprint density at radius 3 is 2.71 bits per heavy atom. The van der Waals surface area contributed by atoms with Crippen molar-refractivity contribution < 1.29 is 10.1 Å². The molecular formula is C15H24O2. The van der Waals surface area contributed by atoms with Crippen molar-refractivity contribution in [2.24, 2.45) is 46.3 Å². The Balaban J connectivity index is 1.81. The van der Waals surface area contributed by atoms with Gasteiger partial charge in [0.15, 0.2) is 0 Å². The van der Waals surface area contributed by atoms with Crippen LogP contribution in [0.4, 0.5) is 0 Å². The molecular weight excluding hydrogens is 212 g/mol. The van der Waals surface area contributed by atoms with E-state index in [0.29, 0.717) is 23.4 Å². The van der Waals surface area contributed by atoms with E-state index in [1.807, 2.05) is 0 Å². The molecule has 17 heavy (non-hydrogen) atoms. The molecule has 96 valence electrons. The van der Waals surface area contributed by atoms with Crippen LogP contribution in [0.15, 0.2) is 0 Å². The van der Waals surface area contributed by atoms with Gasteiger partial charge in [-0.05, 0) is 65.6 Å². The lowest BCUT2D eigenvalue weighted by atomic mass is 9.68. The predicted molar refractivity (Wildman–Crippen MR) is 65.3 cm³/mol. The summed E-state index contributed by atoms with van der Waals surface area (Å²) in [7, 11) is 0. The maximum atomic E-state index is 8.94. The summed E-state index contributed by atoms with van der Waals surface area (Å²) in [6, 6.07) is 0. The van der Waals surface area contributed by atoms with Crippen molar-refractivity contribution in [2.45, 2.75) is 40.0 Å². The highest BCUT2D eigenvalue weighted by Crippen LogP contribution is 2.90. The number of rotatable bonds is 3. The van der Waals surface area contributed by atoms with Crippen molar-refractivity contribution in [2.75, 3.05) is 6.61 Å². The standard InChI is InChI=1S/C15H24O2/c1-4-14-6-10-5-12(14)15(9(3)13(10)15)8(2)11(14)7-17-16/h8-13,16H,4-7H2,1-3H3. The third kappa shape index (κ3) is 0.831. The highest BCUT2D eigenvalue weighted by atomic mass is 17.1. The first-order valence-corrected chi connectivity index (χ1v) is 7.41. The zero-order valence-electron chi connectivity index (χ0n) is 11.1. The van der Waals surface area contributed by atoms with E-state index in [1.54, 1.807) is 0 Å². The SMILES string of the molecule is CCC12CC3CC1C1(C(C)C2COO)C(C)C31. The second-order valence-electron chi connectivity index (χ2n) is 7.34. The van der Waals surface area contributed by atoms with Crippen molar-refractivity contribution in [3.8, 4) is 0 Å². The fourth-order valence-corrected chi connectivity index (χ4v) is 7.58. The molecule has 0 aliphatic heterocycles. The molecule has 0 aromatic rings. The van der Waals surface area contributed by atoms with Gasteiger partial charge in [0.05, 0.1) is 6.61 Å². The molecule has 4 rings (SSSR count).